The molecule has 0 aromatic heterocycles. The SMILES string of the molecule is Cc1cc(CO)ccc1Oc1cc(Cl)ccc1C. The summed E-state index contributed by atoms with van der Waals surface area (Å²) in [6.45, 7) is 3.97. The highest BCUT2D eigenvalue weighted by Crippen LogP contribution is 2.30. The second-order valence-electron chi connectivity index (χ2n) is 4.27. The van der Waals surface area contributed by atoms with Gasteiger partial charge in [-0.25, -0.2) is 0 Å². The fraction of sp³-hybridized carbons (Fsp3) is 0.200. The van der Waals surface area contributed by atoms with Crippen LogP contribution in [0.1, 0.15) is 16.7 Å². The molecule has 0 aliphatic heterocycles. The second kappa shape index (κ2) is 5.42. The fourth-order valence-electron chi connectivity index (χ4n) is 1.73. The van der Waals surface area contributed by atoms with Gasteiger partial charge >= 0.3 is 0 Å². The van der Waals surface area contributed by atoms with Crippen molar-refractivity contribution < 1.29 is 9.84 Å². The molecule has 0 amide bonds. The maximum absolute atomic E-state index is 9.06. The molecule has 0 aliphatic rings. The number of hydrogen-bond donors (Lipinski definition) is 1. The number of hydrogen-bond acceptors (Lipinski definition) is 2. The topological polar surface area (TPSA) is 29.5 Å². The van der Waals surface area contributed by atoms with Crippen molar-refractivity contribution in [1.82, 2.24) is 0 Å². The Morgan fingerprint density at radius 3 is 2.44 bits per heavy atom. The minimum absolute atomic E-state index is 0.0390. The largest absolute Gasteiger partial charge is 0.457 e. The van der Waals surface area contributed by atoms with Crippen LogP contribution in [0.15, 0.2) is 36.4 Å². The molecule has 1 N–H and O–H groups in total. The standard InChI is InChI=1S/C15H15ClO2/c1-10-3-5-13(16)8-15(10)18-14-6-4-12(9-17)7-11(14)2/h3-8,17H,9H2,1-2H3. The summed E-state index contributed by atoms with van der Waals surface area (Å²) in [5.74, 6) is 1.53. The molecule has 0 atom stereocenters. The lowest BCUT2D eigenvalue weighted by molar-refractivity contribution is 0.281. The quantitative estimate of drug-likeness (QED) is 0.896. The average Bonchev–Trinajstić information content (AvgIpc) is 2.36. The van der Waals surface area contributed by atoms with Crippen molar-refractivity contribution in [3.63, 3.8) is 0 Å². The molecule has 2 aromatic carbocycles. The first-order chi connectivity index (χ1) is 8.60. The van der Waals surface area contributed by atoms with Gasteiger partial charge in [0.15, 0.2) is 0 Å². The van der Waals surface area contributed by atoms with Crippen molar-refractivity contribution >= 4 is 11.6 Å². The van der Waals surface area contributed by atoms with E-state index in [1.165, 1.54) is 0 Å². The van der Waals surface area contributed by atoms with E-state index in [0.717, 1.165) is 28.2 Å². The predicted octanol–water partition coefficient (Wildman–Crippen LogP) is 4.24. The van der Waals surface area contributed by atoms with Crippen LogP contribution in [0.4, 0.5) is 0 Å². The minimum Gasteiger partial charge on any atom is -0.457 e. The molecule has 0 aliphatic carbocycles. The summed E-state index contributed by atoms with van der Waals surface area (Å²) >= 11 is 5.96. The monoisotopic (exact) mass is 262 g/mol. The first-order valence-electron chi connectivity index (χ1n) is 5.74. The van der Waals surface area contributed by atoms with Crippen LogP contribution in [-0.2, 0) is 6.61 Å². The average molecular weight is 263 g/mol. The molecule has 2 nitrogen and oxygen atoms in total. The summed E-state index contributed by atoms with van der Waals surface area (Å²) in [6, 6.07) is 11.2. The predicted molar refractivity (Wildman–Crippen MR) is 73.4 cm³/mol. The van der Waals surface area contributed by atoms with Crippen LogP contribution in [-0.4, -0.2) is 5.11 Å². The summed E-state index contributed by atoms with van der Waals surface area (Å²) in [5.41, 5.74) is 2.90. The molecule has 0 unspecified atom stereocenters. The number of aryl methyl sites for hydroxylation is 2. The molecular weight excluding hydrogens is 248 g/mol. The highest BCUT2D eigenvalue weighted by molar-refractivity contribution is 6.30. The van der Waals surface area contributed by atoms with E-state index >= 15 is 0 Å². The molecule has 94 valence electrons. The Bertz CT molecular complexity index is 564. The Morgan fingerprint density at radius 1 is 1.00 bits per heavy atom. The molecule has 0 radical (unpaired) electrons. The van der Waals surface area contributed by atoms with Gasteiger partial charge in [0.1, 0.15) is 11.5 Å². The molecule has 0 heterocycles. The van der Waals surface area contributed by atoms with Gasteiger partial charge in [-0.3, -0.25) is 0 Å². The molecule has 3 heteroatoms. The molecule has 0 spiro atoms. The van der Waals surface area contributed by atoms with Crippen molar-refractivity contribution in [2.45, 2.75) is 20.5 Å². The van der Waals surface area contributed by atoms with E-state index in [4.69, 9.17) is 21.4 Å². The van der Waals surface area contributed by atoms with Crippen LogP contribution < -0.4 is 4.74 Å². The Balaban J connectivity index is 2.31. The number of rotatable bonds is 3. The van der Waals surface area contributed by atoms with Crippen LogP contribution >= 0.6 is 11.6 Å². The van der Waals surface area contributed by atoms with Crippen LogP contribution in [0.2, 0.25) is 5.02 Å². The molecular formula is C15H15ClO2. The van der Waals surface area contributed by atoms with Gasteiger partial charge in [0, 0.05) is 5.02 Å². The molecule has 2 aromatic rings. The lowest BCUT2D eigenvalue weighted by atomic mass is 10.1. The third-order valence-electron chi connectivity index (χ3n) is 2.79. The summed E-state index contributed by atoms with van der Waals surface area (Å²) in [4.78, 5) is 0. The smallest absolute Gasteiger partial charge is 0.131 e. The number of benzene rings is 2. The van der Waals surface area contributed by atoms with Crippen molar-refractivity contribution in [2.24, 2.45) is 0 Å². The number of aliphatic hydroxyl groups excluding tert-OH is 1. The van der Waals surface area contributed by atoms with E-state index in [-0.39, 0.29) is 6.61 Å². The zero-order valence-electron chi connectivity index (χ0n) is 10.4. The molecule has 0 saturated heterocycles. The van der Waals surface area contributed by atoms with Gasteiger partial charge in [-0.1, -0.05) is 29.8 Å². The van der Waals surface area contributed by atoms with Gasteiger partial charge in [-0.2, -0.15) is 0 Å². The van der Waals surface area contributed by atoms with Gasteiger partial charge in [0.05, 0.1) is 6.61 Å². The zero-order valence-corrected chi connectivity index (χ0v) is 11.2. The maximum atomic E-state index is 9.06. The summed E-state index contributed by atoms with van der Waals surface area (Å²) in [6.07, 6.45) is 0. The Hall–Kier alpha value is -1.51. The Kier molecular flexibility index (Phi) is 3.90. The third kappa shape index (κ3) is 2.84. The van der Waals surface area contributed by atoms with E-state index < -0.39 is 0 Å². The van der Waals surface area contributed by atoms with Crippen LogP contribution in [0.3, 0.4) is 0 Å². The Labute approximate surface area is 112 Å². The number of aliphatic hydroxyl groups is 1. The van der Waals surface area contributed by atoms with Crippen LogP contribution in [0, 0.1) is 13.8 Å². The van der Waals surface area contributed by atoms with Gasteiger partial charge in [0.25, 0.3) is 0 Å². The molecule has 0 saturated carbocycles. The molecule has 0 fully saturated rings. The lowest BCUT2D eigenvalue weighted by Gasteiger charge is -2.12. The van der Waals surface area contributed by atoms with Gasteiger partial charge in [-0.05, 0) is 48.7 Å². The van der Waals surface area contributed by atoms with Crippen molar-refractivity contribution in [3.8, 4) is 11.5 Å². The maximum Gasteiger partial charge on any atom is 0.131 e. The van der Waals surface area contributed by atoms with Crippen LogP contribution in [0.5, 0.6) is 11.5 Å². The summed E-state index contributed by atoms with van der Waals surface area (Å²) < 4.78 is 5.85. The summed E-state index contributed by atoms with van der Waals surface area (Å²) in [5, 5.41) is 9.72. The van der Waals surface area contributed by atoms with E-state index in [0.29, 0.717) is 5.02 Å². The normalized spacial score (nSPS) is 10.4. The first-order valence-corrected chi connectivity index (χ1v) is 6.12. The molecule has 0 bridgehead atoms. The van der Waals surface area contributed by atoms with Crippen molar-refractivity contribution in [2.75, 3.05) is 0 Å². The van der Waals surface area contributed by atoms with Gasteiger partial charge in [-0.15, -0.1) is 0 Å². The van der Waals surface area contributed by atoms with E-state index in [1.54, 1.807) is 6.07 Å². The lowest BCUT2D eigenvalue weighted by Crippen LogP contribution is -1.92. The minimum atomic E-state index is 0.0390. The number of ether oxygens (including phenoxy) is 1. The third-order valence-corrected chi connectivity index (χ3v) is 3.03. The molecule has 18 heavy (non-hydrogen) atoms. The fourth-order valence-corrected chi connectivity index (χ4v) is 1.89. The van der Waals surface area contributed by atoms with Crippen molar-refractivity contribution in [3.05, 3.63) is 58.1 Å². The molecule has 2 rings (SSSR count). The first kappa shape index (κ1) is 12.9. The van der Waals surface area contributed by atoms with E-state index in [2.05, 4.69) is 0 Å². The number of halogens is 1. The van der Waals surface area contributed by atoms with E-state index in [9.17, 15) is 0 Å². The second-order valence-corrected chi connectivity index (χ2v) is 4.71. The van der Waals surface area contributed by atoms with Gasteiger partial charge in [0.2, 0.25) is 0 Å². The summed E-state index contributed by atoms with van der Waals surface area (Å²) in [7, 11) is 0. The van der Waals surface area contributed by atoms with E-state index in [1.807, 2.05) is 44.2 Å². The highest BCUT2D eigenvalue weighted by atomic mass is 35.5. The van der Waals surface area contributed by atoms with Crippen molar-refractivity contribution in [1.29, 1.82) is 0 Å². The van der Waals surface area contributed by atoms with Gasteiger partial charge < -0.3 is 9.84 Å². The zero-order chi connectivity index (χ0) is 13.1. The highest BCUT2D eigenvalue weighted by Gasteiger charge is 2.05. The van der Waals surface area contributed by atoms with Crippen LogP contribution in [0.25, 0.3) is 0 Å². The Morgan fingerprint density at radius 2 is 1.78 bits per heavy atom.